The number of nitrogens with zero attached hydrogens (tertiary/aromatic N) is 6. The minimum absolute atomic E-state index is 0.0977. The Morgan fingerprint density at radius 1 is 1.25 bits per heavy atom. The topological polar surface area (TPSA) is 90.5 Å². The molecule has 4 aromatic rings. The molecule has 0 unspecified atom stereocenters. The standard InChI is InChI=1S/C17H13F2N7OS/c1-10-13(14-20-7-8-25(14)16(18)19)28-17(21-10)22-15(27)12-9-26(24-23-12)11-5-3-2-4-6-11/h2-9,16H,1H3,(H,21,22,27). The Bertz CT molecular complexity index is 1120. The van der Waals surface area contributed by atoms with E-state index in [1.54, 1.807) is 6.92 Å². The normalized spacial score (nSPS) is 11.1. The first kappa shape index (κ1) is 17.9. The van der Waals surface area contributed by atoms with Gasteiger partial charge in [0, 0.05) is 12.4 Å². The van der Waals surface area contributed by atoms with Crippen molar-refractivity contribution in [3.05, 3.63) is 60.3 Å². The van der Waals surface area contributed by atoms with Crippen molar-refractivity contribution >= 4 is 22.4 Å². The smallest absolute Gasteiger partial charge is 0.296 e. The first-order valence-electron chi connectivity index (χ1n) is 8.11. The van der Waals surface area contributed by atoms with Crippen LogP contribution in [-0.4, -0.2) is 35.4 Å². The molecule has 0 aliphatic heterocycles. The number of para-hydroxylation sites is 1. The number of thiazole rings is 1. The van der Waals surface area contributed by atoms with Crippen LogP contribution in [0.4, 0.5) is 13.9 Å². The summed E-state index contributed by atoms with van der Waals surface area (Å²) in [7, 11) is 0. The van der Waals surface area contributed by atoms with Crippen LogP contribution in [-0.2, 0) is 0 Å². The minimum Gasteiger partial charge on any atom is -0.296 e. The predicted octanol–water partition coefficient (Wildman–Crippen LogP) is 3.54. The molecular weight excluding hydrogens is 388 g/mol. The number of carbonyl (C=O) groups is 1. The van der Waals surface area contributed by atoms with E-state index in [2.05, 4.69) is 25.6 Å². The molecule has 8 nitrogen and oxygen atoms in total. The Morgan fingerprint density at radius 3 is 2.79 bits per heavy atom. The van der Waals surface area contributed by atoms with Crippen LogP contribution < -0.4 is 5.32 Å². The van der Waals surface area contributed by atoms with Crippen LogP contribution in [0.3, 0.4) is 0 Å². The quantitative estimate of drug-likeness (QED) is 0.552. The van der Waals surface area contributed by atoms with Gasteiger partial charge in [0.15, 0.2) is 16.6 Å². The number of rotatable bonds is 5. The van der Waals surface area contributed by atoms with Crippen LogP contribution in [0.15, 0.2) is 48.9 Å². The maximum absolute atomic E-state index is 13.1. The fourth-order valence-corrected chi connectivity index (χ4v) is 3.50. The average molecular weight is 401 g/mol. The number of imidazole rings is 1. The van der Waals surface area contributed by atoms with Gasteiger partial charge in [-0.15, -0.1) is 5.10 Å². The summed E-state index contributed by atoms with van der Waals surface area (Å²) in [4.78, 5) is 21.1. The van der Waals surface area contributed by atoms with Gasteiger partial charge in [0.05, 0.1) is 22.5 Å². The second kappa shape index (κ2) is 7.27. The van der Waals surface area contributed by atoms with Crippen LogP contribution in [0.1, 0.15) is 22.7 Å². The maximum atomic E-state index is 13.1. The Kier molecular flexibility index (Phi) is 4.65. The van der Waals surface area contributed by atoms with Crippen molar-refractivity contribution in [2.75, 3.05) is 5.32 Å². The molecule has 1 N–H and O–H groups in total. The Morgan fingerprint density at radius 2 is 2.04 bits per heavy atom. The Hall–Kier alpha value is -3.47. The number of halogens is 2. The van der Waals surface area contributed by atoms with Crippen molar-refractivity contribution in [3.63, 3.8) is 0 Å². The average Bonchev–Trinajstić information content (AvgIpc) is 3.41. The molecule has 3 heterocycles. The van der Waals surface area contributed by atoms with Crippen LogP contribution in [0.2, 0.25) is 0 Å². The highest BCUT2D eigenvalue weighted by Gasteiger charge is 2.20. The van der Waals surface area contributed by atoms with Gasteiger partial charge in [-0.2, -0.15) is 8.78 Å². The van der Waals surface area contributed by atoms with E-state index < -0.39 is 12.5 Å². The summed E-state index contributed by atoms with van der Waals surface area (Å²) in [5, 5.41) is 10.7. The molecule has 28 heavy (non-hydrogen) atoms. The number of aryl methyl sites for hydroxylation is 1. The van der Waals surface area contributed by atoms with Gasteiger partial charge in [-0.25, -0.2) is 14.6 Å². The van der Waals surface area contributed by atoms with E-state index >= 15 is 0 Å². The molecule has 4 rings (SSSR count). The second-order valence-corrected chi connectivity index (χ2v) is 6.71. The summed E-state index contributed by atoms with van der Waals surface area (Å²) in [5.74, 6) is -0.403. The third-order valence-electron chi connectivity index (χ3n) is 3.85. The van der Waals surface area contributed by atoms with E-state index in [1.165, 1.54) is 23.3 Å². The predicted molar refractivity (Wildman–Crippen MR) is 98.6 cm³/mol. The Labute approximate surface area is 161 Å². The number of carbonyl (C=O) groups excluding carboxylic acids is 1. The molecule has 11 heteroatoms. The number of alkyl halides is 2. The zero-order valence-corrected chi connectivity index (χ0v) is 15.3. The van der Waals surface area contributed by atoms with Gasteiger partial charge >= 0.3 is 6.55 Å². The zero-order chi connectivity index (χ0) is 19.7. The van der Waals surface area contributed by atoms with Gasteiger partial charge in [-0.3, -0.25) is 14.7 Å². The van der Waals surface area contributed by atoms with Crippen LogP contribution in [0.5, 0.6) is 0 Å². The first-order chi connectivity index (χ1) is 13.5. The molecular formula is C17H13F2N7OS. The number of anilines is 1. The molecule has 0 aliphatic carbocycles. The fourth-order valence-electron chi connectivity index (χ4n) is 2.54. The number of aromatic nitrogens is 6. The number of hydrogen-bond donors (Lipinski definition) is 1. The lowest BCUT2D eigenvalue weighted by Crippen LogP contribution is -2.12. The fraction of sp³-hybridized carbons (Fsp3) is 0.118. The van der Waals surface area contributed by atoms with E-state index in [-0.39, 0.29) is 16.6 Å². The lowest BCUT2D eigenvalue weighted by molar-refractivity contribution is 0.0720. The van der Waals surface area contributed by atoms with E-state index in [4.69, 9.17) is 0 Å². The summed E-state index contributed by atoms with van der Waals surface area (Å²) in [6.07, 6.45) is 3.98. The molecule has 0 spiro atoms. The van der Waals surface area contributed by atoms with Crippen LogP contribution in [0, 0.1) is 6.92 Å². The van der Waals surface area contributed by atoms with E-state index in [0.29, 0.717) is 10.6 Å². The number of hydrogen-bond acceptors (Lipinski definition) is 6. The third-order valence-corrected chi connectivity index (χ3v) is 4.91. The first-order valence-corrected chi connectivity index (χ1v) is 8.92. The van der Waals surface area contributed by atoms with Crippen LogP contribution in [0.25, 0.3) is 16.4 Å². The molecule has 1 aromatic carbocycles. The van der Waals surface area contributed by atoms with Gasteiger partial charge in [0.25, 0.3) is 5.91 Å². The van der Waals surface area contributed by atoms with Gasteiger partial charge < -0.3 is 0 Å². The highest BCUT2D eigenvalue weighted by Crippen LogP contribution is 2.33. The second-order valence-electron chi connectivity index (χ2n) is 5.71. The lowest BCUT2D eigenvalue weighted by atomic mass is 10.3. The number of nitrogens with one attached hydrogen (secondary N) is 1. The van der Waals surface area contributed by atoms with E-state index in [1.807, 2.05) is 30.3 Å². The molecule has 0 fully saturated rings. The van der Waals surface area contributed by atoms with Gasteiger partial charge in [-0.1, -0.05) is 34.7 Å². The summed E-state index contributed by atoms with van der Waals surface area (Å²) >= 11 is 1.06. The van der Waals surface area contributed by atoms with Crippen molar-refractivity contribution in [1.82, 2.24) is 29.5 Å². The number of amides is 1. The molecule has 0 bridgehead atoms. The highest BCUT2D eigenvalue weighted by atomic mass is 32.1. The van der Waals surface area contributed by atoms with Crippen molar-refractivity contribution in [2.24, 2.45) is 0 Å². The van der Waals surface area contributed by atoms with Crippen molar-refractivity contribution in [1.29, 1.82) is 0 Å². The largest absolute Gasteiger partial charge is 0.320 e. The molecule has 0 atom stereocenters. The lowest BCUT2D eigenvalue weighted by Gasteiger charge is -2.04. The molecule has 0 saturated carbocycles. The summed E-state index contributed by atoms with van der Waals surface area (Å²) < 4.78 is 28.4. The number of benzene rings is 1. The van der Waals surface area contributed by atoms with Crippen molar-refractivity contribution < 1.29 is 13.6 Å². The monoisotopic (exact) mass is 401 g/mol. The van der Waals surface area contributed by atoms with E-state index in [9.17, 15) is 13.6 Å². The summed E-state index contributed by atoms with van der Waals surface area (Å²) in [6.45, 7) is -1.05. The Balaban J connectivity index is 1.55. The SMILES string of the molecule is Cc1nc(NC(=O)c2cn(-c3ccccc3)nn2)sc1-c1nccn1C(F)F. The van der Waals surface area contributed by atoms with Crippen LogP contribution >= 0.6 is 11.3 Å². The third kappa shape index (κ3) is 3.39. The molecule has 0 radical (unpaired) electrons. The van der Waals surface area contributed by atoms with Crippen molar-refractivity contribution in [2.45, 2.75) is 13.5 Å². The molecule has 0 aliphatic rings. The molecule has 0 saturated heterocycles. The summed E-state index contributed by atoms with van der Waals surface area (Å²) in [5.41, 5.74) is 1.36. The van der Waals surface area contributed by atoms with E-state index in [0.717, 1.165) is 21.6 Å². The zero-order valence-electron chi connectivity index (χ0n) is 14.5. The highest BCUT2D eigenvalue weighted by molar-refractivity contribution is 7.19. The molecule has 3 aromatic heterocycles. The molecule has 1 amide bonds. The minimum atomic E-state index is -2.72. The maximum Gasteiger partial charge on any atom is 0.320 e. The van der Waals surface area contributed by atoms with Crippen molar-refractivity contribution in [3.8, 4) is 16.4 Å². The van der Waals surface area contributed by atoms with Gasteiger partial charge in [-0.05, 0) is 19.1 Å². The molecule has 142 valence electrons. The summed E-state index contributed by atoms with van der Waals surface area (Å²) in [6, 6.07) is 9.23. The van der Waals surface area contributed by atoms with Gasteiger partial charge in [0.2, 0.25) is 0 Å². The van der Waals surface area contributed by atoms with Gasteiger partial charge in [0.1, 0.15) is 0 Å².